The van der Waals surface area contributed by atoms with Crippen LogP contribution in [0, 0.1) is 5.82 Å². The summed E-state index contributed by atoms with van der Waals surface area (Å²) in [5.41, 5.74) is 1.72. The van der Waals surface area contributed by atoms with E-state index in [9.17, 15) is 4.39 Å². The number of hydrogen-bond donors (Lipinski definition) is 1. The van der Waals surface area contributed by atoms with Crippen molar-refractivity contribution in [2.24, 2.45) is 0 Å². The fourth-order valence-corrected chi connectivity index (χ4v) is 1.44. The number of nitrogens with zero attached hydrogens (tertiary/aromatic N) is 1. The Morgan fingerprint density at radius 1 is 1.25 bits per heavy atom. The second-order valence-corrected chi connectivity index (χ2v) is 3.87. The fourth-order valence-electron chi connectivity index (χ4n) is 1.44. The second kappa shape index (κ2) is 4.35. The minimum absolute atomic E-state index is 0.251. The third kappa shape index (κ3) is 2.21. The lowest BCUT2D eigenvalue weighted by Crippen LogP contribution is -2.09. The fraction of sp³-hybridized carbons (Fsp3) is 0.250. The van der Waals surface area contributed by atoms with E-state index in [1.54, 1.807) is 18.3 Å². The first kappa shape index (κ1) is 10.7. The SMILES string of the molecule is CC(C)Nc1oncc1-c1ccc(F)cc1. The van der Waals surface area contributed by atoms with Gasteiger partial charge < -0.3 is 9.84 Å². The van der Waals surface area contributed by atoms with Crippen LogP contribution in [0.15, 0.2) is 35.0 Å². The average Bonchev–Trinajstić information content (AvgIpc) is 2.66. The Morgan fingerprint density at radius 3 is 2.56 bits per heavy atom. The summed E-state index contributed by atoms with van der Waals surface area (Å²) in [6.07, 6.45) is 1.62. The number of nitrogens with one attached hydrogen (secondary N) is 1. The minimum atomic E-state index is -0.251. The van der Waals surface area contributed by atoms with Crippen LogP contribution in [-0.2, 0) is 0 Å². The standard InChI is InChI=1S/C12H13FN2O/c1-8(2)15-12-11(7-14-16-12)9-3-5-10(13)6-4-9/h3-8,15H,1-2H3. The van der Waals surface area contributed by atoms with E-state index in [4.69, 9.17) is 4.52 Å². The van der Waals surface area contributed by atoms with E-state index in [0.717, 1.165) is 11.1 Å². The first-order chi connectivity index (χ1) is 7.66. The van der Waals surface area contributed by atoms with Gasteiger partial charge in [-0.3, -0.25) is 0 Å². The molecule has 16 heavy (non-hydrogen) atoms. The van der Waals surface area contributed by atoms with Crippen LogP contribution in [0.2, 0.25) is 0 Å². The van der Waals surface area contributed by atoms with Crippen molar-refractivity contribution in [3.63, 3.8) is 0 Å². The van der Waals surface area contributed by atoms with Gasteiger partial charge in [0.1, 0.15) is 5.82 Å². The molecule has 0 saturated heterocycles. The molecular formula is C12H13FN2O. The molecule has 1 heterocycles. The van der Waals surface area contributed by atoms with Crippen LogP contribution in [0.4, 0.5) is 10.3 Å². The van der Waals surface area contributed by atoms with Crippen molar-refractivity contribution in [1.29, 1.82) is 0 Å². The zero-order chi connectivity index (χ0) is 11.5. The van der Waals surface area contributed by atoms with E-state index in [1.807, 2.05) is 13.8 Å². The summed E-state index contributed by atoms with van der Waals surface area (Å²) in [5.74, 6) is 0.361. The van der Waals surface area contributed by atoms with Crippen molar-refractivity contribution < 1.29 is 8.91 Å². The van der Waals surface area contributed by atoms with Crippen molar-refractivity contribution in [2.45, 2.75) is 19.9 Å². The first-order valence-corrected chi connectivity index (χ1v) is 5.14. The average molecular weight is 220 g/mol. The van der Waals surface area contributed by atoms with E-state index >= 15 is 0 Å². The normalized spacial score (nSPS) is 10.8. The van der Waals surface area contributed by atoms with Gasteiger partial charge in [-0.1, -0.05) is 17.3 Å². The molecular weight excluding hydrogens is 207 g/mol. The predicted molar refractivity (Wildman–Crippen MR) is 60.7 cm³/mol. The van der Waals surface area contributed by atoms with Gasteiger partial charge in [0, 0.05) is 6.04 Å². The third-order valence-electron chi connectivity index (χ3n) is 2.15. The molecule has 0 atom stereocenters. The van der Waals surface area contributed by atoms with Gasteiger partial charge in [0.25, 0.3) is 0 Å². The lowest BCUT2D eigenvalue weighted by molar-refractivity contribution is 0.430. The van der Waals surface area contributed by atoms with E-state index in [1.165, 1.54) is 12.1 Å². The van der Waals surface area contributed by atoms with Gasteiger partial charge in [0.15, 0.2) is 0 Å². The quantitative estimate of drug-likeness (QED) is 0.862. The molecule has 2 aromatic rings. The van der Waals surface area contributed by atoms with Crippen LogP contribution in [0.5, 0.6) is 0 Å². The van der Waals surface area contributed by atoms with Crippen molar-refractivity contribution in [3.05, 3.63) is 36.3 Å². The molecule has 1 aromatic carbocycles. The number of aromatic nitrogens is 1. The molecule has 0 saturated carbocycles. The molecule has 0 fully saturated rings. The van der Waals surface area contributed by atoms with Crippen molar-refractivity contribution in [1.82, 2.24) is 5.16 Å². The Morgan fingerprint density at radius 2 is 1.94 bits per heavy atom. The number of hydrogen-bond acceptors (Lipinski definition) is 3. The van der Waals surface area contributed by atoms with Gasteiger partial charge in [-0.05, 0) is 31.5 Å². The summed E-state index contributed by atoms with van der Waals surface area (Å²) >= 11 is 0. The first-order valence-electron chi connectivity index (χ1n) is 5.14. The number of benzene rings is 1. The largest absolute Gasteiger partial charge is 0.351 e. The molecule has 0 unspecified atom stereocenters. The molecule has 0 radical (unpaired) electrons. The van der Waals surface area contributed by atoms with E-state index in [-0.39, 0.29) is 11.9 Å². The maximum atomic E-state index is 12.8. The topological polar surface area (TPSA) is 38.1 Å². The zero-order valence-electron chi connectivity index (χ0n) is 9.20. The Balaban J connectivity index is 2.33. The molecule has 2 rings (SSSR count). The highest BCUT2D eigenvalue weighted by molar-refractivity contribution is 5.73. The van der Waals surface area contributed by atoms with E-state index in [0.29, 0.717) is 5.88 Å². The monoisotopic (exact) mass is 220 g/mol. The maximum Gasteiger partial charge on any atom is 0.232 e. The van der Waals surface area contributed by atoms with Gasteiger partial charge in [0.2, 0.25) is 5.88 Å². The molecule has 4 heteroatoms. The maximum absolute atomic E-state index is 12.8. The smallest absolute Gasteiger partial charge is 0.232 e. The molecule has 1 aromatic heterocycles. The van der Waals surface area contributed by atoms with Gasteiger partial charge in [-0.15, -0.1) is 0 Å². The van der Waals surface area contributed by atoms with Crippen LogP contribution < -0.4 is 5.32 Å². The van der Waals surface area contributed by atoms with Gasteiger partial charge in [-0.2, -0.15) is 0 Å². The van der Waals surface area contributed by atoms with Crippen molar-refractivity contribution in [2.75, 3.05) is 5.32 Å². The number of halogens is 1. The van der Waals surface area contributed by atoms with Crippen LogP contribution in [0.1, 0.15) is 13.8 Å². The molecule has 84 valence electrons. The lowest BCUT2D eigenvalue weighted by Gasteiger charge is -2.07. The van der Waals surface area contributed by atoms with Gasteiger partial charge in [0.05, 0.1) is 11.8 Å². The van der Waals surface area contributed by atoms with Crippen LogP contribution in [0.3, 0.4) is 0 Å². The highest BCUT2D eigenvalue weighted by Crippen LogP contribution is 2.28. The highest BCUT2D eigenvalue weighted by Gasteiger charge is 2.10. The van der Waals surface area contributed by atoms with E-state index in [2.05, 4.69) is 10.5 Å². The summed E-state index contributed by atoms with van der Waals surface area (Å²) < 4.78 is 17.9. The molecule has 0 aliphatic rings. The molecule has 0 aliphatic carbocycles. The lowest BCUT2D eigenvalue weighted by atomic mass is 10.1. The van der Waals surface area contributed by atoms with Crippen molar-refractivity contribution in [3.8, 4) is 11.1 Å². The molecule has 1 N–H and O–H groups in total. The summed E-state index contributed by atoms with van der Waals surface area (Å²) in [6.45, 7) is 4.02. The summed E-state index contributed by atoms with van der Waals surface area (Å²) in [6, 6.07) is 6.50. The summed E-state index contributed by atoms with van der Waals surface area (Å²) in [4.78, 5) is 0. The molecule has 0 amide bonds. The number of rotatable bonds is 3. The Labute approximate surface area is 93.3 Å². The van der Waals surface area contributed by atoms with Crippen LogP contribution >= 0.6 is 0 Å². The predicted octanol–water partition coefficient (Wildman–Crippen LogP) is 3.30. The Hall–Kier alpha value is -1.84. The zero-order valence-corrected chi connectivity index (χ0v) is 9.20. The Bertz CT molecular complexity index is 462. The number of anilines is 1. The summed E-state index contributed by atoms with van der Waals surface area (Å²) in [7, 11) is 0. The molecule has 0 spiro atoms. The second-order valence-electron chi connectivity index (χ2n) is 3.87. The van der Waals surface area contributed by atoms with Gasteiger partial charge in [-0.25, -0.2) is 4.39 Å². The Kier molecular flexibility index (Phi) is 2.90. The van der Waals surface area contributed by atoms with Crippen LogP contribution in [-0.4, -0.2) is 11.2 Å². The van der Waals surface area contributed by atoms with E-state index < -0.39 is 0 Å². The van der Waals surface area contributed by atoms with Crippen LogP contribution in [0.25, 0.3) is 11.1 Å². The molecule has 0 aliphatic heterocycles. The molecule has 0 bridgehead atoms. The van der Waals surface area contributed by atoms with Crippen molar-refractivity contribution >= 4 is 5.88 Å². The minimum Gasteiger partial charge on any atom is -0.351 e. The highest BCUT2D eigenvalue weighted by atomic mass is 19.1. The third-order valence-corrected chi connectivity index (χ3v) is 2.15. The van der Waals surface area contributed by atoms with Gasteiger partial charge >= 0.3 is 0 Å². The molecule has 3 nitrogen and oxygen atoms in total. The summed E-state index contributed by atoms with van der Waals surface area (Å²) in [5, 5.41) is 6.89.